The second-order valence-electron chi connectivity index (χ2n) is 10.9. The smallest absolute Gasteiger partial charge is 0.340 e. The van der Waals surface area contributed by atoms with Crippen molar-refractivity contribution in [2.45, 2.75) is 48.3 Å². The largest absolute Gasteiger partial charge is 0.744 e. The predicted octanol–water partition coefficient (Wildman–Crippen LogP) is 8.02. The van der Waals surface area contributed by atoms with E-state index in [9.17, 15) is 21.4 Å². The van der Waals surface area contributed by atoms with Crippen LogP contribution in [0.4, 0.5) is 0 Å². The maximum atomic E-state index is 14.6. The van der Waals surface area contributed by atoms with Gasteiger partial charge in [-0.25, -0.2) is 8.42 Å². The third-order valence-corrected chi connectivity index (χ3v) is 10.3. The minimum Gasteiger partial charge on any atom is -0.744 e. The fourth-order valence-electron chi connectivity index (χ4n) is 5.99. The summed E-state index contributed by atoms with van der Waals surface area (Å²) >= 11 is 0. The first kappa shape index (κ1) is 29.8. The van der Waals surface area contributed by atoms with Gasteiger partial charge in [-0.3, -0.25) is 0 Å². The van der Waals surface area contributed by atoms with Crippen LogP contribution in [0.2, 0.25) is 0 Å². The maximum Gasteiger partial charge on any atom is 0.340 e. The average Bonchev–Trinajstić information content (AvgIpc) is 3.01. The Labute approximate surface area is 258 Å². The molecule has 0 bridgehead atoms. The molecule has 0 amide bonds. The van der Waals surface area contributed by atoms with Crippen molar-refractivity contribution in [1.82, 2.24) is 0 Å². The van der Waals surface area contributed by atoms with Crippen molar-refractivity contribution < 1.29 is 25.6 Å². The highest BCUT2D eigenvalue weighted by Crippen LogP contribution is 2.42. The molecule has 0 unspecified atom stereocenters. The second-order valence-corrected chi connectivity index (χ2v) is 13.8. The molecule has 0 spiro atoms. The number of hydrogen-bond donors (Lipinski definition) is 0. The lowest BCUT2D eigenvalue weighted by Crippen LogP contribution is -2.16. The topological polar surface area (TPSA) is 101 Å². The molecule has 0 N–H and O–H groups in total. The molecule has 0 heterocycles. The molecule has 0 atom stereocenters. The fourth-order valence-corrected chi connectivity index (χ4v) is 8.12. The van der Waals surface area contributed by atoms with E-state index in [0.717, 1.165) is 30.4 Å². The summed E-state index contributed by atoms with van der Waals surface area (Å²) in [6.07, 6.45) is 4.01. The van der Waals surface area contributed by atoms with E-state index in [1.54, 1.807) is 0 Å². The summed E-state index contributed by atoms with van der Waals surface area (Å²) in [4.78, 5) is -0.295. The summed E-state index contributed by atoms with van der Waals surface area (Å²) in [5, 5.41) is 0. The van der Waals surface area contributed by atoms with E-state index < -0.39 is 20.2 Å². The highest BCUT2D eigenvalue weighted by Gasteiger charge is 2.30. The van der Waals surface area contributed by atoms with Gasteiger partial charge in [-0.15, -0.1) is 0 Å². The minimum absolute atomic E-state index is 0.00898. The van der Waals surface area contributed by atoms with Gasteiger partial charge in [0, 0.05) is 16.7 Å². The predicted molar refractivity (Wildman–Crippen MR) is 171 cm³/mol. The van der Waals surface area contributed by atoms with Gasteiger partial charge in [-0.2, -0.15) is 8.42 Å². The van der Waals surface area contributed by atoms with Crippen molar-refractivity contribution >= 4 is 20.2 Å². The van der Waals surface area contributed by atoms with E-state index in [1.165, 1.54) is 12.1 Å². The van der Waals surface area contributed by atoms with E-state index in [2.05, 4.69) is 0 Å². The van der Waals surface area contributed by atoms with E-state index in [0.29, 0.717) is 52.6 Å². The van der Waals surface area contributed by atoms with Crippen LogP contribution in [0, 0.1) is 0 Å². The molecule has 8 heteroatoms. The van der Waals surface area contributed by atoms with E-state index >= 15 is 0 Å². The van der Waals surface area contributed by atoms with Gasteiger partial charge in [0.05, 0.1) is 4.90 Å². The fraction of sp³-hybridized carbons (Fsp3) is 0.167. The quantitative estimate of drug-likeness (QED) is 0.134. The van der Waals surface area contributed by atoms with Crippen LogP contribution in [0.15, 0.2) is 125 Å². The van der Waals surface area contributed by atoms with E-state index in [4.69, 9.17) is 4.18 Å². The number of benzene rings is 5. The summed E-state index contributed by atoms with van der Waals surface area (Å²) in [5.41, 5.74) is 4.97. The second kappa shape index (κ2) is 12.4. The molecule has 6 rings (SSSR count). The van der Waals surface area contributed by atoms with Crippen LogP contribution in [-0.4, -0.2) is 21.4 Å². The first-order chi connectivity index (χ1) is 21.2. The van der Waals surface area contributed by atoms with Crippen molar-refractivity contribution in [2.24, 2.45) is 0 Å². The monoisotopic (exact) mass is 623 g/mol. The van der Waals surface area contributed by atoms with Crippen molar-refractivity contribution in [3.8, 4) is 39.1 Å². The SMILES string of the molecule is O=S(=O)([O-])c1ccc(OS(=O)(=O)c2c(-c3ccccc3)cc(-c3ccccc3)cc2-c2ccccc2)c2c1CCCCCC2. The summed E-state index contributed by atoms with van der Waals surface area (Å²) in [6, 6.07) is 34.6. The average molecular weight is 624 g/mol. The standard InChI is InChI=1S/C36H32O6S2/c37-43(38,39)35-23-22-34(30-20-12-1-2-13-21-31(30)35)42-44(40,41)36-32(27-16-8-4-9-17-27)24-29(26-14-6-3-7-15-26)25-33(36)28-18-10-5-11-19-28/h3-11,14-19,22-25H,1-2,12-13,20-21H2,(H,37,38,39)/p-1. The Morgan fingerprint density at radius 3 is 1.50 bits per heavy atom. The van der Waals surface area contributed by atoms with Gasteiger partial charge in [0.1, 0.15) is 20.8 Å². The number of hydrogen-bond acceptors (Lipinski definition) is 6. The molecular weight excluding hydrogens is 593 g/mol. The molecule has 1 aliphatic rings. The molecule has 5 aromatic carbocycles. The molecule has 0 aliphatic heterocycles. The molecule has 0 radical (unpaired) electrons. The number of fused-ring (bicyclic) bond motifs is 1. The van der Waals surface area contributed by atoms with Crippen LogP contribution in [0.3, 0.4) is 0 Å². The van der Waals surface area contributed by atoms with Crippen LogP contribution in [0.25, 0.3) is 33.4 Å². The van der Waals surface area contributed by atoms with Crippen molar-refractivity contribution in [1.29, 1.82) is 0 Å². The van der Waals surface area contributed by atoms with Crippen LogP contribution in [0.5, 0.6) is 5.75 Å². The first-order valence-electron chi connectivity index (χ1n) is 14.6. The molecule has 0 saturated carbocycles. The minimum atomic E-state index is -4.76. The molecule has 5 aromatic rings. The van der Waals surface area contributed by atoms with E-state index in [1.807, 2.05) is 103 Å². The molecule has 224 valence electrons. The highest BCUT2D eigenvalue weighted by atomic mass is 32.2. The zero-order valence-corrected chi connectivity index (χ0v) is 25.6. The molecule has 0 fully saturated rings. The Hall–Kier alpha value is -4.24. The Morgan fingerprint density at radius 1 is 0.523 bits per heavy atom. The maximum absolute atomic E-state index is 14.6. The van der Waals surface area contributed by atoms with Gasteiger partial charge in [-0.05, 0) is 77.8 Å². The summed E-state index contributed by atoms with van der Waals surface area (Å²) < 4.78 is 71.6. The molecule has 0 aromatic heterocycles. The van der Waals surface area contributed by atoms with Gasteiger partial charge in [0.2, 0.25) is 0 Å². The van der Waals surface area contributed by atoms with E-state index in [-0.39, 0.29) is 15.5 Å². The van der Waals surface area contributed by atoms with Gasteiger partial charge < -0.3 is 8.74 Å². The summed E-state index contributed by atoms with van der Waals surface area (Å²) in [7, 11) is -9.26. The van der Waals surface area contributed by atoms with Crippen LogP contribution in [0.1, 0.15) is 36.8 Å². The zero-order valence-electron chi connectivity index (χ0n) is 24.0. The molecule has 6 nitrogen and oxygen atoms in total. The van der Waals surface area contributed by atoms with Crippen molar-refractivity contribution in [2.75, 3.05) is 0 Å². The Kier molecular flexibility index (Phi) is 8.40. The lowest BCUT2D eigenvalue weighted by molar-refractivity contribution is 0.460. The third-order valence-electron chi connectivity index (χ3n) is 8.03. The molecule has 44 heavy (non-hydrogen) atoms. The van der Waals surface area contributed by atoms with Gasteiger partial charge in [0.15, 0.2) is 0 Å². The lowest BCUT2D eigenvalue weighted by atomic mass is 9.92. The van der Waals surface area contributed by atoms with Crippen molar-refractivity contribution in [3.63, 3.8) is 0 Å². The van der Waals surface area contributed by atoms with Crippen molar-refractivity contribution in [3.05, 3.63) is 126 Å². The van der Waals surface area contributed by atoms with Gasteiger partial charge in [0.25, 0.3) is 0 Å². The Morgan fingerprint density at radius 2 is 1.00 bits per heavy atom. The van der Waals surface area contributed by atoms with Gasteiger partial charge in [-0.1, -0.05) is 104 Å². The Bertz CT molecular complexity index is 1950. The number of rotatable bonds is 7. The molecule has 0 saturated heterocycles. The first-order valence-corrected chi connectivity index (χ1v) is 17.4. The summed E-state index contributed by atoms with van der Waals surface area (Å²) in [5.74, 6) is 0.0551. The van der Waals surface area contributed by atoms with Crippen LogP contribution in [-0.2, 0) is 33.1 Å². The Balaban J connectivity index is 1.60. The molecule has 1 aliphatic carbocycles. The third kappa shape index (κ3) is 6.19. The lowest BCUT2D eigenvalue weighted by Gasteiger charge is -2.23. The summed E-state index contributed by atoms with van der Waals surface area (Å²) in [6.45, 7) is 0. The zero-order chi connectivity index (χ0) is 30.7. The van der Waals surface area contributed by atoms with Crippen LogP contribution >= 0.6 is 0 Å². The highest BCUT2D eigenvalue weighted by molar-refractivity contribution is 7.87. The van der Waals surface area contributed by atoms with Crippen LogP contribution < -0.4 is 4.18 Å². The normalized spacial score (nSPS) is 13.8. The van der Waals surface area contributed by atoms with Gasteiger partial charge >= 0.3 is 10.1 Å². The molecular formula is C36H31O6S2-.